The number of anilines is 2. The molecule has 0 aliphatic heterocycles. The van der Waals surface area contributed by atoms with Crippen molar-refractivity contribution >= 4 is 11.6 Å². The Kier molecular flexibility index (Phi) is 4.48. The van der Waals surface area contributed by atoms with Crippen molar-refractivity contribution in [2.75, 3.05) is 5.32 Å². The molecule has 0 bridgehead atoms. The number of nitriles is 1. The second kappa shape index (κ2) is 7.44. The van der Waals surface area contributed by atoms with Crippen LogP contribution in [0.5, 0.6) is 0 Å². The normalized spacial score (nSPS) is 13.2. The quantitative estimate of drug-likeness (QED) is 0.531. The van der Waals surface area contributed by atoms with E-state index in [1.165, 1.54) is 19.2 Å². The molecule has 4 aromatic rings. The molecule has 3 aromatic heterocycles. The van der Waals surface area contributed by atoms with E-state index >= 15 is 0 Å². The largest absolute Gasteiger partial charge is 0.325 e. The minimum Gasteiger partial charge on any atom is -0.325 e. The maximum atomic E-state index is 9.07. The molecular formula is C22H20N8. The van der Waals surface area contributed by atoms with E-state index in [9.17, 15) is 0 Å². The predicted octanol–water partition coefficient (Wildman–Crippen LogP) is 3.86. The van der Waals surface area contributed by atoms with Crippen LogP contribution in [0.3, 0.4) is 0 Å². The van der Waals surface area contributed by atoms with Gasteiger partial charge >= 0.3 is 0 Å². The lowest BCUT2D eigenvalue weighted by atomic mass is 10.1. The molecule has 0 atom stereocenters. The summed E-state index contributed by atoms with van der Waals surface area (Å²) in [6.45, 7) is 2.93. The van der Waals surface area contributed by atoms with Crippen LogP contribution in [0.2, 0.25) is 0 Å². The van der Waals surface area contributed by atoms with Gasteiger partial charge < -0.3 is 5.32 Å². The lowest BCUT2D eigenvalue weighted by molar-refractivity contribution is 0.571. The molecule has 30 heavy (non-hydrogen) atoms. The van der Waals surface area contributed by atoms with Gasteiger partial charge in [0.05, 0.1) is 17.3 Å². The highest BCUT2D eigenvalue weighted by Gasteiger charge is 2.25. The van der Waals surface area contributed by atoms with Crippen molar-refractivity contribution in [3.8, 4) is 23.1 Å². The average Bonchev–Trinajstić information content (AvgIpc) is 3.32. The zero-order valence-electron chi connectivity index (χ0n) is 16.5. The van der Waals surface area contributed by atoms with Gasteiger partial charge in [0.1, 0.15) is 18.0 Å². The molecule has 1 saturated carbocycles. The molecule has 148 valence electrons. The van der Waals surface area contributed by atoms with Gasteiger partial charge in [0.25, 0.3) is 0 Å². The van der Waals surface area contributed by atoms with Gasteiger partial charge in [-0.25, -0.2) is 19.3 Å². The number of nitrogens with one attached hydrogen (secondary N) is 1. The highest BCUT2D eigenvalue weighted by Crippen LogP contribution is 2.35. The molecule has 5 rings (SSSR count). The molecule has 1 aliphatic carbocycles. The first-order valence-corrected chi connectivity index (χ1v) is 9.88. The summed E-state index contributed by atoms with van der Waals surface area (Å²) in [7, 11) is 0. The van der Waals surface area contributed by atoms with Crippen LogP contribution in [0.25, 0.3) is 17.1 Å². The fourth-order valence-electron chi connectivity index (χ4n) is 3.43. The number of nitrogens with zero attached hydrogens (tertiary/aromatic N) is 7. The van der Waals surface area contributed by atoms with Gasteiger partial charge in [-0.05, 0) is 43.9 Å². The summed E-state index contributed by atoms with van der Waals surface area (Å²) in [6.07, 6.45) is 7.56. The van der Waals surface area contributed by atoms with Gasteiger partial charge in [-0.2, -0.15) is 15.5 Å². The summed E-state index contributed by atoms with van der Waals surface area (Å²) < 4.78 is 3.74. The van der Waals surface area contributed by atoms with Crippen molar-refractivity contribution in [2.45, 2.75) is 26.3 Å². The van der Waals surface area contributed by atoms with E-state index in [2.05, 4.69) is 33.4 Å². The minimum atomic E-state index is 0.638. The Morgan fingerprint density at radius 1 is 1.20 bits per heavy atom. The molecule has 0 amide bonds. The maximum absolute atomic E-state index is 9.07. The minimum absolute atomic E-state index is 0.638. The Bertz CT molecular complexity index is 1210. The molecule has 0 radical (unpaired) electrons. The van der Waals surface area contributed by atoms with Crippen molar-refractivity contribution in [1.29, 1.82) is 5.26 Å². The first-order chi connectivity index (χ1) is 14.7. The summed E-state index contributed by atoms with van der Waals surface area (Å²) in [4.78, 5) is 8.68. The van der Waals surface area contributed by atoms with Crippen molar-refractivity contribution in [1.82, 2.24) is 29.5 Å². The molecule has 3 heterocycles. The van der Waals surface area contributed by atoms with Gasteiger partial charge in [-0.3, -0.25) is 0 Å². The molecule has 1 fully saturated rings. The van der Waals surface area contributed by atoms with Crippen LogP contribution < -0.4 is 5.32 Å². The summed E-state index contributed by atoms with van der Waals surface area (Å²) in [5.41, 5.74) is 3.58. The van der Waals surface area contributed by atoms with Gasteiger partial charge in [-0.1, -0.05) is 12.1 Å². The number of hydrogen-bond acceptors (Lipinski definition) is 6. The van der Waals surface area contributed by atoms with Crippen molar-refractivity contribution < 1.29 is 0 Å². The van der Waals surface area contributed by atoms with E-state index in [1.54, 1.807) is 10.9 Å². The zero-order chi connectivity index (χ0) is 20.5. The van der Waals surface area contributed by atoms with Crippen molar-refractivity contribution in [2.24, 2.45) is 5.92 Å². The molecule has 8 heteroatoms. The fraction of sp³-hybridized carbons (Fsp3) is 0.227. The lowest BCUT2D eigenvalue weighted by Crippen LogP contribution is -2.08. The third kappa shape index (κ3) is 3.53. The SMILES string of the molecule is Cc1c(-c2ccc(C#N)cc2)nn(CC2CC2)c1Nc1cc(-n2cccn2)ncn1. The fourth-order valence-corrected chi connectivity index (χ4v) is 3.43. The number of hydrogen-bond donors (Lipinski definition) is 1. The lowest BCUT2D eigenvalue weighted by Gasteiger charge is -2.10. The molecule has 1 N–H and O–H groups in total. The molecular weight excluding hydrogens is 376 g/mol. The van der Waals surface area contributed by atoms with Gasteiger partial charge in [-0.15, -0.1) is 0 Å². The average molecular weight is 396 g/mol. The summed E-state index contributed by atoms with van der Waals surface area (Å²) in [6, 6.07) is 13.4. The highest BCUT2D eigenvalue weighted by molar-refractivity contribution is 5.71. The van der Waals surface area contributed by atoms with Crippen LogP contribution in [0.15, 0.2) is 55.1 Å². The summed E-state index contributed by atoms with van der Waals surface area (Å²) in [5.74, 6) is 2.97. The molecule has 8 nitrogen and oxygen atoms in total. The van der Waals surface area contributed by atoms with Crippen LogP contribution in [0, 0.1) is 24.2 Å². The van der Waals surface area contributed by atoms with Crippen LogP contribution in [-0.4, -0.2) is 29.5 Å². The first kappa shape index (κ1) is 18.1. The van der Waals surface area contributed by atoms with Gasteiger partial charge in [0.2, 0.25) is 0 Å². The van der Waals surface area contributed by atoms with E-state index in [4.69, 9.17) is 10.4 Å². The standard InChI is InChI=1S/C22H20N8/c1-15-21(18-7-5-16(12-23)6-8-18)28-30(13-17-3-4-17)22(15)27-19-11-20(25-14-24-19)29-10-2-9-26-29/h2,5-11,14,17H,3-4,13H2,1H3,(H,24,25,27). The van der Waals surface area contributed by atoms with E-state index in [0.29, 0.717) is 23.1 Å². The van der Waals surface area contributed by atoms with E-state index in [-0.39, 0.29) is 0 Å². The summed E-state index contributed by atoms with van der Waals surface area (Å²) >= 11 is 0. The van der Waals surface area contributed by atoms with Crippen LogP contribution in [-0.2, 0) is 6.54 Å². The molecule has 0 saturated heterocycles. The topological polar surface area (TPSA) is 97.2 Å². The smallest absolute Gasteiger partial charge is 0.158 e. The Morgan fingerprint density at radius 3 is 2.73 bits per heavy atom. The highest BCUT2D eigenvalue weighted by atomic mass is 15.3. The van der Waals surface area contributed by atoms with Gasteiger partial charge in [0.15, 0.2) is 5.82 Å². The molecule has 1 aromatic carbocycles. The Labute approximate surface area is 173 Å². The second-order valence-corrected chi connectivity index (χ2v) is 7.47. The number of aromatic nitrogens is 6. The Balaban J connectivity index is 1.51. The molecule has 1 aliphatic rings. The number of benzene rings is 1. The van der Waals surface area contributed by atoms with Crippen LogP contribution in [0.4, 0.5) is 11.6 Å². The predicted molar refractivity (Wildman–Crippen MR) is 112 cm³/mol. The third-order valence-electron chi connectivity index (χ3n) is 5.24. The number of rotatable bonds is 6. The third-order valence-corrected chi connectivity index (χ3v) is 5.24. The van der Waals surface area contributed by atoms with E-state index in [1.807, 2.05) is 47.3 Å². The zero-order valence-corrected chi connectivity index (χ0v) is 16.5. The van der Waals surface area contributed by atoms with Crippen LogP contribution in [0.1, 0.15) is 24.0 Å². The Hall–Kier alpha value is -3.99. The van der Waals surface area contributed by atoms with Crippen LogP contribution >= 0.6 is 0 Å². The maximum Gasteiger partial charge on any atom is 0.158 e. The molecule has 0 spiro atoms. The second-order valence-electron chi connectivity index (χ2n) is 7.47. The monoisotopic (exact) mass is 396 g/mol. The Morgan fingerprint density at radius 2 is 2.03 bits per heavy atom. The van der Waals surface area contributed by atoms with E-state index in [0.717, 1.165) is 29.2 Å². The summed E-state index contributed by atoms with van der Waals surface area (Å²) in [5, 5.41) is 21.6. The van der Waals surface area contributed by atoms with Gasteiger partial charge in [0, 0.05) is 36.1 Å². The van der Waals surface area contributed by atoms with Crippen molar-refractivity contribution in [3.05, 3.63) is 66.2 Å². The van der Waals surface area contributed by atoms with Crippen molar-refractivity contribution in [3.63, 3.8) is 0 Å². The van der Waals surface area contributed by atoms with E-state index < -0.39 is 0 Å². The molecule has 0 unspecified atom stereocenters. The first-order valence-electron chi connectivity index (χ1n) is 9.88.